The highest BCUT2D eigenvalue weighted by molar-refractivity contribution is 7.48. The van der Waals surface area contributed by atoms with Gasteiger partial charge < -0.3 is 24.2 Å². The summed E-state index contributed by atoms with van der Waals surface area (Å²) >= 11 is 0. The number of amides is 1. The lowest BCUT2D eigenvalue weighted by Crippen LogP contribution is -2.49. The Hall–Kier alpha value is -2.93. The van der Waals surface area contributed by atoms with Gasteiger partial charge in [-0.2, -0.15) is 0 Å². The van der Waals surface area contributed by atoms with E-state index in [1.54, 1.807) is 15.5 Å². The Kier molecular flexibility index (Phi) is 11.0. The van der Waals surface area contributed by atoms with Gasteiger partial charge in [0, 0.05) is 72.1 Å². The van der Waals surface area contributed by atoms with E-state index >= 15 is 4.39 Å². The van der Waals surface area contributed by atoms with Crippen molar-refractivity contribution in [3.05, 3.63) is 39.9 Å². The number of phosphoric acid groups is 1. The Bertz CT molecular complexity index is 1390. The van der Waals surface area contributed by atoms with Gasteiger partial charge in [0.25, 0.3) is 0 Å². The lowest BCUT2D eigenvalue weighted by Gasteiger charge is -2.35. The Morgan fingerprint density at radius 2 is 1.66 bits per heavy atom. The van der Waals surface area contributed by atoms with Crippen molar-refractivity contribution in [2.24, 2.45) is 0 Å². The first-order valence-electron chi connectivity index (χ1n) is 12.5. The molecule has 0 spiro atoms. The molecule has 1 saturated carbocycles. The van der Waals surface area contributed by atoms with Crippen LogP contribution in [0.15, 0.2) is 23.1 Å². The monoisotopic (exact) mass is 620 g/mol. The zero-order chi connectivity index (χ0) is 30.5. The number of nitrogens with zero attached hydrogens (tertiary/aromatic N) is 3. The molecule has 0 bridgehead atoms. The van der Waals surface area contributed by atoms with Crippen molar-refractivity contribution in [2.75, 3.05) is 59.5 Å². The van der Waals surface area contributed by atoms with E-state index in [2.05, 4.69) is 18.1 Å². The number of pyridine rings is 1. The topological polar surface area (TPSA) is 163 Å². The average molecular weight is 620 g/mol. The molecular formula is C24H33FN3O11P2+. The number of halogens is 1. The van der Waals surface area contributed by atoms with Gasteiger partial charge in [-0.05, 0) is 29.5 Å². The minimum Gasteiger partial charge on any atom is -0.477 e. The molecule has 1 aromatic heterocycles. The molecule has 1 aliphatic heterocycles. The van der Waals surface area contributed by atoms with Gasteiger partial charge in [0.2, 0.25) is 5.43 Å². The Morgan fingerprint density at radius 3 is 2.12 bits per heavy atom. The smallest absolute Gasteiger partial charge is 0.477 e. The molecule has 2 heterocycles. The Morgan fingerprint density at radius 1 is 1.07 bits per heavy atom. The summed E-state index contributed by atoms with van der Waals surface area (Å²) < 4.78 is 61.9. The fraction of sp³-hybridized carbons (Fsp3) is 0.542. The van der Waals surface area contributed by atoms with Gasteiger partial charge in [0.1, 0.15) is 11.4 Å². The number of carboxylic acids is 1. The van der Waals surface area contributed by atoms with Crippen LogP contribution in [0.5, 0.6) is 0 Å². The van der Waals surface area contributed by atoms with E-state index in [9.17, 15) is 28.6 Å². The van der Waals surface area contributed by atoms with Gasteiger partial charge in [-0.25, -0.2) is 18.5 Å². The molecule has 17 heteroatoms. The average Bonchev–Trinajstić information content (AvgIpc) is 3.82. The van der Waals surface area contributed by atoms with Crippen LogP contribution in [-0.4, -0.2) is 87.1 Å². The number of carbonyl (C=O) groups is 2. The number of carboxylic acid groups (broad SMARTS) is 1. The van der Waals surface area contributed by atoms with Crippen LogP contribution < -0.4 is 10.3 Å². The number of phosphoric ester groups is 1. The van der Waals surface area contributed by atoms with Gasteiger partial charge >= 0.3 is 33.8 Å². The number of aromatic nitrogens is 1. The van der Waals surface area contributed by atoms with Crippen LogP contribution in [0.2, 0.25) is 0 Å². The molecule has 2 fully saturated rings. The number of fused-ring (bicyclic) bond motifs is 1. The van der Waals surface area contributed by atoms with E-state index in [1.165, 1.54) is 46.5 Å². The molecule has 0 radical (unpaired) electrons. The lowest BCUT2D eigenvalue weighted by molar-refractivity contribution is 0.0694. The highest BCUT2D eigenvalue weighted by Crippen LogP contribution is 2.46. The highest BCUT2D eigenvalue weighted by atomic mass is 31.2. The molecule has 1 saturated heterocycles. The number of carbonyl (C=O) groups excluding carboxylic acids is 1. The summed E-state index contributed by atoms with van der Waals surface area (Å²) in [6, 6.07) is 2.76. The van der Waals surface area contributed by atoms with Crippen molar-refractivity contribution in [2.45, 2.75) is 31.7 Å². The van der Waals surface area contributed by atoms with E-state index in [1.807, 2.05) is 0 Å². The third-order valence-corrected chi connectivity index (χ3v) is 8.97. The molecule has 226 valence electrons. The first-order valence-corrected chi connectivity index (χ1v) is 15.2. The molecule has 1 aromatic carbocycles. The summed E-state index contributed by atoms with van der Waals surface area (Å²) in [5.74, 6) is -2.86. The fourth-order valence-electron chi connectivity index (χ4n) is 4.17. The van der Waals surface area contributed by atoms with Crippen molar-refractivity contribution in [1.82, 2.24) is 9.47 Å². The van der Waals surface area contributed by atoms with Crippen molar-refractivity contribution < 1.29 is 51.0 Å². The number of piperazine rings is 1. The molecule has 2 aromatic rings. The SMILES string of the molecule is COP(=O)(OC)OC.CO[P+](=O)C(C)OC(=O)N1CCN(c2cc3c(cc2F)c(=O)c(C(=O)O)cn3C2CC2)CC1. The van der Waals surface area contributed by atoms with Crippen LogP contribution >= 0.6 is 15.9 Å². The maximum atomic E-state index is 15.0. The predicted molar refractivity (Wildman–Crippen MR) is 146 cm³/mol. The molecule has 14 nitrogen and oxygen atoms in total. The number of rotatable bonds is 9. The molecule has 2 unspecified atom stereocenters. The molecular weight excluding hydrogens is 587 g/mol. The lowest BCUT2D eigenvalue weighted by atomic mass is 10.1. The van der Waals surface area contributed by atoms with Crippen LogP contribution in [-0.2, 0) is 32.0 Å². The first kappa shape index (κ1) is 32.6. The van der Waals surface area contributed by atoms with Gasteiger partial charge in [0.15, 0.2) is 0 Å². The van der Waals surface area contributed by atoms with E-state index in [0.29, 0.717) is 18.6 Å². The Labute approximate surface area is 236 Å². The third kappa shape index (κ3) is 7.68. The van der Waals surface area contributed by atoms with E-state index in [-0.39, 0.29) is 35.8 Å². The largest absolute Gasteiger partial charge is 0.552 e. The highest BCUT2D eigenvalue weighted by Gasteiger charge is 2.34. The van der Waals surface area contributed by atoms with Gasteiger partial charge in [-0.1, -0.05) is 0 Å². The zero-order valence-corrected chi connectivity index (χ0v) is 25.1. The summed E-state index contributed by atoms with van der Waals surface area (Å²) in [6.45, 7) is 2.66. The third-order valence-electron chi connectivity index (χ3n) is 6.57. The van der Waals surface area contributed by atoms with Crippen LogP contribution in [0.25, 0.3) is 10.9 Å². The molecule has 2 atom stereocenters. The molecule has 1 N–H and O–H groups in total. The van der Waals surface area contributed by atoms with Crippen LogP contribution in [0.3, 0.4) is 0 Å². The quantitative estimate of drug-likeness (QED) is 0.398. The fourth-order valence-corrected chi connectivity index (χ4v) is 5.09. The maximum Gasteiger partial charge on any atom is 0.552 e. The van der Waals surface area contributed by atoms with Crippen LogP contribution in [0, 0.1) is 5.82 Å². The minimum absolute atomic E-state index is 0.0338. The molecule has 4 rings (SSSR count). The molecule has 2 aliphatic rings. The van der Waals surface area contributed by atoms with E-state index < -0.39 is 45.0 Å². The first-order chi connectivity index (χ1) is 19.4. The van der Waals surface area contributed by atoms with Crippen molar-refractivity contribution in [1.29, 1.82) is 0 Å². The van der Waals surface area contributed by atoms with Crippen LogP contribution in [0.4, 0.5) is 14.9 Å². The summed E-state index contributed by atoms with van der Waals surface area (Å²) in [6.07, 6.45) is 2.44. The Balaban J connectivity index is 0.000000507. The molecule has 41 heavy (non-hydrogen) atoms. The number of benzene rings is 1. The molecule has 1 aliphatic carbocycles. The van der Waals surface area contributed by atoms with Gasteiger partial charge in [-0.15, -0.1) is 4.52 Å². The predicted octanol–water partition coefficient (Wildman–Crippen LogP) is 4.20. The zero-order valence-electron chi connectivity index (χ0n) is 23.3. The second-order valence-electron chi connectivity index (χ2n) is 9.06. The van der Waals surface area contributed by atoms with Crippen molar-refractivity contribution >= 4 is 44.5 Å². The van der Waals surface area contributed by atoms with Crippen molar-refractivity contribution in [3.8, 4) is 0 Å². The standard InChI is InChI=1S/C21H23FN3O7P.C3H9O4P/c1-12(33(30)31-2)32-21(29)24-7-5-23(6-8-24)18-10-17-14(9-16(18)22)19(26)15(20(27)28)11-25(17)13-3-4-13;1-5-8(4,6-2)7-3/h9-13H,3-8H2,1-2H3;1-3H3/p+1. The van der Waals surface area contributed by atoms with Crippen LogP contribution in [0.1, 0.15) is 36.2 Å². The number of ether oxygens (including phenoxy) is 1. The molecule has 1 amide bonds. The van der Waals surface area contributed by atoms with Crippen molar-refractivity contribution in [3.63, 3.8) is 0 Å². The maximum absolute atomic E-state index is 15.0. The number of hydrogen-bond donors (Lipinski definition) is 1. The summed E-state index contributed by atoms with van der Waals surface area (Å²) in [7, 11) is -0.237. The second kappa shape index (κ2) is 13.8. The summed E-state index contributed by atoms with van der Waals surface area (Å²) in [4.78, 5) is 39.6. The van der Waals surface area contributed by atoms with E-state index in [0.717, 1.165) is 18.9 Å². The minimum atomic E-state index is -3.16. The van der Waals surface area contributed by atoms with E-state index in [4.69, 9.17) is 4.74 Å². The van der Waals surface area contributed by atoms with Gasteiger partial charge in [0.05, 0.1) is 18.3 Å². The normalized spacial score (nSPS) is 16.6. The second-order valence-corrected chi connectivity index (χ2v) is 12.7. The summed E-state index contributed by atoms with van der Waals surface area (Å²) in [5, 5.41) is 9.40. The number of hydrogen-bond acceptors (Lipinski definition) is 11. The number of anilines is 1. The summed E-state index contributed by atoms with van der Waals surface area (Å²) in [5.41, 5.74) is -0.319. The van der Waals surface area contributed by atoms with Gasteiger partial charge in [-0.3, -0.25) is 18.4 Å². The number of aromatic carboxylic acids is 1.